The van der Waals surface area contributed by atoms with Crippen LogP contribution in [-0.4, -0.2) is 41.9 Å². The third-order valence-electron chi connectivity index (χ3n) is 2.13. The van der Waals surface area contributed by atoms with Gasteiger partial charge in [-0.3, -0.25) is 0 Å². The van der Waals surface area contributed by atoms with Gasteiger partial charge in [0.15, 0.2) is 0 Å². The molecular weight excluding hydrogens is 188 g/mol. The highest BCUT2D eigenvalue weighted by Gasteiger charge is 1.96. The van der Waals surface area contributed by atoms with Gasteiger partial charge in [-0.15, -0.1) is 0 Å². The molecule has 15 heavy (non-hydrogen) atoms. The lowest BCUT2D eigenvalue weighted by molar-refractivity contribution is 0.394. The van der Waals surface area contributed by atoms with Crippen LogP contribution in [0.4, 0.5) is 0 Å². The van der Waals surface area contributed by atoms with Crippen LogP contribution in [0.5, 0.6) is 0 Å². The number of rotatable bonds is 7. The molecule has 0 radical (unpaired) electrons. The van der Waals surface area contributed by atoms with Crippen molar-refractivity contribution in [2.75, 3.05) is 27.2 Å². The Kier molecular flexibility index (Phi) is 5.07. The maximum atomic E-state index is 4.11. The van der Waals surface area contributed by atoms with Crippen molar-refractivity contribution < 1.29 is 0 Å². The molecule has 1 rings (SSSR count). The molecule has 0 aliphatic carbocycles. The zero-order valence-electron chi connectivity index (χ0n) is 9.61. The monoisotopic (exact) mass is 208 g/mol. The van der Waals surface area contributed by atoms with Crippen LogP contribution in [0.25, 0.3) is 6.20 Å². The highest BCUT2D eigenvalue weighted by molar-refractivity contribution is 5.17. The second kappa shape index (κ2) is 6.37. The van der Waals surface area contributed by atoms with Gasteiger partial charge >= 0.3 is 0 Å². The molecule has 0 aliphatic heterocycles. The summed E-state index contributed by atoms with van der Waals surface area (Å²) in [6.45, 7) is 6.69. The first kappa shape index (κ1) is 11.9. The molecule has 1 aromatic heterocycles. The number of aromatic nitrogens is 2. The van der Waals surface area contributed by atoms with E-state index in [1.54, 1.807) is 10.9 Å². The van der Waals surface area contributed by atoms with Crippen LogP contribution in [0.1, 0.15) is 12.0 Å². The first-order valence-electron chi connectivity index (χ1n) is 5.23. The third-order valence-corrected chi connectivity index (χ3v) is 2.13. The van der Waals surface area contributed by atoms with Crippen molar-refractivity contribution in [2.24, 2.45) is 0 Å². The molecule has 0 amide bonds. The predicted octanol–water partition coefficient (Wildman–Crippen LogP) is 1.02. The highest BCUT2D eigenvalue weighted by atomic mass is 15.2. The van der Waals surface area contributed by atoms with Crippen molar-refractivity contribution in [1.29, 1.82) is 0 Å². The fraction of sp³-hybridized carbons (Fsp3) is 0.545. The van der Waals surface area contributed by atoms with Crippen LogP contribution >= 0.6 is 0 Å². The zero-order valence-corrected chi connectivity index (χ0v) is 9.61. The zero-order chi connectivity index (χ0) is 11.1. The van der Waals surface area contributed by atoms with Gasteiger partial charge in [0, 0.05) is 24.5 Å². The van der Waals surface area contributed by atoms with Crippen LogP contribution in [0.15, 0.2) is 19.0 Å². The van der Waals surface area contributed by atoms with Crippen molar-refractivity contribution in [1.82, 2.24) is 20.0 Å². The topological polar surface area (TPSA) is 33.1 Å². The predicted molar refractivity (Wildman–Crippen MR) is 63.5 cm³/mol. The van der Waals surface area contributed by atoms with Gasteiger partial charge in [0.2, 0.25) is 0 Å². The summed E-state index contributed by atoms with van der Waals surface area (Å²) < 4.78 is 1.72. The van der Waals surface area contributed by atoms with Gasteiger partial charge in [-0.1, -0.05) is 6.58 Å². The molecule has 0 atom stereocenters. The van der Waals surface area contributed by atoms with Crippen LogP contribution in [0.2, 0.25) is 0 Å². The van der Waals surface area contributed by atoms with Gasteiger partial charge in [-0.25, -0.2) is 4.68 Å². The second-order valence-corrected chi connectivity index (χ2v) is 3.84. The number of nitrogens with one attached hydrogen (secondary N) is 1. The molecule has 0 unspecified atom stereocenters. The fourth-order valence-corrected chi connectivity index (χ4v) is 1.32. The molecule has 1 N–H and O–H groups in total. The summed E-state index contributed by atoms with van der Waals surface area (Å²) in [6.07, 6.45) is 6.70. The third kappa shape index (κ3) is 4.76. The molecule has 0 saturated heterocycles. The molecule has 0 bridgehead atoms. The highest BCUT2D eigenvalue weighted by Crippen LogP contribution is 1.96. The number of nitrogens with zero attached hydrogens (tertiary/aromatic N) is 3. The van der Waals surface area contributed by atoms with E-state index >= 15 is 0 Å². The van der Waals surface area contributed by atoms with Crippen molar-refractivity contribution in [2.45, 2.75) is 13.0 Å². The summed E-state index contributed by atoms with van der Waals surface area (Å²) in [5, 5.41) is 7.49. The van der Waals surface area contributed by atoms with E-state index in [9.17, 15) is 0 Å². The van der Waals surface area contributed by atoms with E-state index in [2.05, 4.69) is 36.0 Å². The first-order valence-corrected chi connectivity index (χ1v) is 5.23. The summed E-state index contributed by atoms with van der Waals surface area (Å²) in [4.78, 5) is 2.19. The summed E-state index contributed by atoms with van der Waals surface area (Å²) in [5.74, 6) is 0. The first-order chi connectivity index (χ1) is 7.22. The molecule has 0 saturated carbocycles. The second-order valence-electron chi connectivity index (χ2n) is 3.84. The fourth-order valence-electron chi connectivity index (χ4n) is 1.32. The van der Waals surface area contributed by atoms with Crippen molar-refractivity contribution in [3.05, 3.63) is 24.5 Å². The Labute approximate surface area is 91.6 Å². The van der Waals surface area contributed by atoms with E-state index in [1.807, 2.05) is 12.4 Å². The molecule has 1 heterocycles. The molecule has 4 nitrogen and oxygen atoms in total. The van der Waals surface area contributed by atoms with Crippen molar-refractivity contribution in [3.8, 4) is 0 Å². The molecule has 0 aliphatic rings. The minimum atomic E-state index is 0.876. The Morgan fingerprint density at radius 1 is 1.60 bits per heavy atom. The lowest BCUT2D eigenvalue weighted by atomic mass is 10.3. The van der Waals surface area contributed by atoms with E-state index in [-0.39, 0.29) is 0 Å². The van der Waals surface area contributed by atoms with Gasteiger partial charge in [0.25, 0.3) is 0 Å². The van der Waals surface area contributed by atoms with E-state index in [1.165, 1.54) is 12.0 Å². The van der Waals surface area contributed by atoms with Gasteiger partial charge < -0.3 is 10.2 Å². The molecule has 0 spiro atoms. The maximum Gasteiger partial charge on any atom is 0.0538 e. The van der Waals surface area contributed by atoms with Gasteiger partial charge in [0.05, 0.1) is 6.20 Å². The van der Waals surface area contributed by atoms with E-state index in [0.717, 1.165) is 19.6 Å². The summed E-state index contributed by atoms with van der Waals surface area (Å²) in [7, 11) is 4.18. The molecule has 84 valence electrons. The lowest BCUT2D eigenvalue weighted by Gasteiger charge is -2.09. The van der Waals surface area contributed by atoms with Gasteiger partial charge in [-0.2, -0.15) is 5.10 Å². The Morgan fingerprint density at radius 2 is 2.40 bits per heavy atom. The number of hydrogen-bond acceptors (Lipinski definition) is 3. The quantitative estimate of drug-likeness (QED) is 0.679. The molecule has 0 aromatic carbocycles. The minimum absolute atomic E-state index is 0.876. The summed E-state index contributed by atoms with van der Waals surface area (Å²) in [6, 6.07) is 0. The Bertz CT molecular complexity index is 291. The Morgan fingerprint density at radius 3 is 3.00 bits per heavy atom. The Balaban J connectivity index is 2.12. The summed E-state index contributed by atoms with van der Waals surface area (Å²) in [5.41, 5.74) is 1.19. The smallest absolute Gasteiger partial charge is 0.0538 e. The standard InChI is InChI=1S/C11H20N4/c1-4-15-10-11(9-13-15)8-12-6-5-7-14(2)3/h4,9-10,12H,1,5-8H2,2-3H3. The summed E-state index contributed by atoms with van der Waals surface area (Å²) >= 11 is 0. The van der Waals surface area contributed by atoms with E-state index < -0.39 is 0 Å². The van der Waals surface area contributed by atoms with Crippen LogP contribution in [-0.2, 0) is 6.54 Å². The van der Waals surface area contributed by atoms with Crippen molar-refractivity contribution >= 4 is 6.20 Å². The average Bonchev–Trinajstić information content (AvgIpc) is 2.65. The SMILES string of the molecule is C=Cn1cc(CNCCCN(C)C)cn1. The molecule has 0 fully saturated rings. The van der Waals surface area contributed by atoms with Gasteiger partial charge in [0.1, 0.15) is 0 Å². The Hall–Kier alpha value is -1.13. The maximum absolute atomic E-state index is 4.11. The van der Waals surface area contributed by atoms with Crippen LogP contribution in [0, 0.1) is 0 Å². The van der Waals surface area contributed by atoms with Crippen molar-refractivity contribution in [3.63, 3.8) is 0 Å². The number of hydrogen-bond donors (Lipinski definition) is 1. The van der Waals surface area contributed by atoms with Crippen LogP contribution in [0.3, 0.4) is 0 Å². The molecule has 4 heteroatoms. The van der Waals surface area contributed by atoms with E-state index in [4.69, 9.17) is 0 Å². The minimum Gasteiger partial charge on any atom is -0.313 e. The normalized spacial score (nSPS) is 10.9. The van der Waals surface area contributed by atoms with Gasteiger partial charge in [-0.05, 0) is 33.6 Å². The molecular formula is C11H20N4. The lowest BCUT2D eigenvalue weighted by Crippen LogP contribution is -2.20. The molecule has 1 aromatic rings. The van der Waals surface area contributed by atoms with E-state index in [0.29, 0.717) is 0 Å². The van der Waals surface area contributed by atoms with Crippen LogP contribution < -0.4 is 5.32 Å². The average molecular weight is 208 g/mol. The largest absolute Gasteiger partial charge is 0.313 e.